The third kappa shape index (κ3) is 3.10. The van der Waals surface area contributed by atoms with Crippen molar-refractivity contribution in [2.24, 2.45) is 0 Å². The number of nitrogens with one attached hydrogen (secondary N) is 1. The van der Waals surface area contributed by atoms with Crippen molar-refractivity contribution in [2.45, 2.75) is 5.38 Å². The Morgan fingerprint density at radius 1 is 1.16 bits per heavy atom. The van der Waals surface area contributed by atoms with Gasteiger partial charge in [-0.25, -0.2) is 0 Å². The van der Waals surface area contributed by atoms with E-state index in [1.165, 1.54) is 0 Å². The first-order valence-corrected chi connectivity index (χ1v) is 7.35. The monoisotopic (exact) mass is 368 g/mol. The molecule has 0 unspecified atom stereocenters. The molecular weight excluding hydrogens is 358 g/mol. The molecule has 0 aliphatic heterocycles. The highest BCUT2D eigenvalue weighted by Gasteiger charge is 2.35. The normalized spacial score (nSPS) is 11.7. The van der Waals surface area contributed by atoms with E-state index >= 15 is 0 Å². The lowest BCUT2D eigenvalue weighted by Gasteiger charge is -2.19. The van der Waals surface area contributed by atoms with Gasteiger partial charge in [0.15, 0.2) is 0 Å². The number of hydrogen-bond acceptors (Lipinski definition) is 7. The Bertz CT molecular complexity index is 986. The minimum atomic E-state index is -3.74. The molecule has 2 aromatic carbocycles. The second-order valence-corrected chi connectivity index (χ2v) is 5.87. The number of halogens is 3. The first-order valence-electron chi connectivity index (χ1n) is 6.97. The third-order valence-corrected chi connectivity index (χ3v) is 3.58. The molecule has 0 amide bonds. The van der Waals surface area contributed by atoms with E-state index in [2.05, 4.69) is 20.0 Å². The summed E-state index contributed by atoms with van der Waals surface area (Å²) in [5.74, 6) is -1.05. The molecule has 3 rings (SSSR count). The van der Waals surface area contributed by atoms with Crippen molar-refractivity contribution in [2.75, 3.05) is 24.3 Å². The Kier molecular flexibility index (Phi) is 4.03. The average molecular weight is 369 g/mol. The van der Waals surface area contributed by atoms with Gasteiger partial charge in [-0.3, -0.25) is 9.59 Å². The fourth-order valence-electron chi connectivity index (χ4n) is 2.23. The smallest absolute Gasteiger partial charge is 0.373 e. The zero-order chi connectivity index (χ0) is 18.4. The van der Waals surface area contributed by atoms with E-state index < -0.39 is 22.1 Å². The zero-order valence-electron chi connectivity index (χ0n) is 13.0. The summed E-state index contributed by atoms with van der Waals surface area (Å²) in [6.07, 6.45) is 0. The van der Waals surface area contributed by atoms with E-state index in [9.17, 15) is 18.4 Å². The standard InChI is InChI=1S/C15H11ClF2N4O3/c1-22(2)10-9(11(23)12(10)24)19-8-5-3-7(4-6-8)13-20-14(25-21-13)15(16,17)18/h3-6,19H,1-2H3. The molecule has 0 aliphatic rings. The predicted octanol–water partition coefficient (Wildman–Crippen LogP) is 2.43. The van der Waals surface area contributed by atoms with Crippen LogP contribution in [0, 0.1) is 0 Å². The number of rotatable bonds is 5. The third-order valence-electron chi connectivity index (χ3n) is 3.41. The molecule has 0 aliphatic carbocycles. The number of aromatic nitrogens is 2. The van der Waals surface area contributed by atoms with Crippen LogP contribution in [-0.4, -0.2) is 24.2 Å². The van der Waals surface area contributed by atoms with Crippen molar-refractivity contribution in [3.63, 3.8) is 0 Å². The van der Waals surface area contributed by atoms with E-state index in [0.29, 0.717) is 16.9 Å². The maximum absolute atomic E-state index is 12.9. The zero-order valence-corrected chi connectivity index (χ0v) is 13.8. The van der Waals surface area contributed by atoms with Crippen molar-refractivity contribution < 1.29 is 13.3 Å². The van der Waals surface area contributed by atoms with Crippen LogP contribution in [0.25, 0.3) is 11.4 Å². The van der Waals surface area contributed by atoms with Crippen LogP contribution in [0.2, 0.25) is 0 Å². The minimum absolute atomic E-state index is 0.0510. The van der Waals surface area contributed by atoms with Crippen molar-refractivity contribution >= 4 is 28.7 Å². The molecule has 25 heavy (non-hydrogen) atoms. The number of benzene rings is 1. The van der Waals surface area contributed by atoms with Gasteiger partial charge in [0.1, 0.15) is 11.4 Å². The average Bonchev–Trinajstić information content (AvgIpc) is 3.04. The fraction of sp³-hybridized carbons (Fsp3) is 0.200. The summed E-state index contributed by atoms with van der Waals surface area (Å²) in [5, 5.41) is 2.57. The van der Waals surface area contributed by atoms with Crippen molar-refractivity contribution in [3.8, 4) is 11.4 Å². The molecule has 0 radical (unpaired) electrons. The van der Waals surface area contributed by atoms with Gasteiger partial charge in [0.25, 0.3) is 10.9 Å². The molecule has 0 spiro atoms. The molecule has 7 nitrogen and oxygen atoms in total. The summed E-state index contributed by atoms with van der Waals surface area (Å²) < 4.78 is 30.2. The van der Waals surface area contributed by atoms with Gasteiger partial charge < -0.3 is 14.7 Å². The topological polar surface area (TPSA) is 88.3 Å². The van der Waals surface area contributed by atoms with Crippen LogP contribution in [0.4, 0.5) is 25.8 Å². The Balaban J connectivity index is 1.82. The van der Waals surface area contributed by atoms with Crippen LogP contribution in [0.3, 0.4) is 0 Å². The highest BCUT2D eigenvalue weighted by atomic mass is 35.5. The maximum atomic E-state index is 12.9. The summed E-state index contributed by atoms with van der Waals surface area (Å²) in [5.41, 5.74) is 0.294. The van der Waals surface area contributed by atoms with Crippen molar-refractivity contribution in [1.29, 1.82) is 0 Å². The summed E-state index contributed by atoms with van der Waals surface area (Å²) in [6.45, 7) is 0. The summed E-state index contributed by atoms with van der Waals surface area (Å²) in [7, 11) is 3.32. The molecule has 1 N–H and O–H groups in total. The molecule has 0 atom stereocenters. The van der Waals surface area contributed by atoms with E-state index in [1.54, 1.807) is 43.3 Å². The number of hydrogen-bond donors (Lipinski definition) is 1. The van der Waals surface area contributed by atoms with Gasteiger partial charge in [0, 0.05) is 25.3 Å². The Hall–Kier alpha value is -2.81. The minimum Gasteiger partial charge on any atom is -0.373 e. The van der Waals surface area contributed by atoms with Crippen LogP contribution in [0.15, 0.2) is 38.4 Å². The first kappa shape index (κ1) is 17.0. The molecular formula is C15H11ClF2N4O3. The largest absolute Gasteiger partial charge is 0.400 e. The number of anilines is 3. The second kappa shape index (κ2) is 5.92. The SMILES string of the molecule is CN(C)c1c(Nc2ccc(-c3noc(C(F)(F)Cl)n3)cc2)c(=O)c1=O. The lowest BCUT2D eigenvalue weighted by atomic mass is 10.1. The molecule has 0 fully saturated rings. The molecule has 3 aromatic rings. The van der Waals surface area contributed by atoms with Crippen LogP contribution < -0.4 is 21.1 Å². The Morgan fingerprint density at radius 3 is 2.32 bits per heavy atom. The van der Waals surface area contributed by atoms with Crippen LogP contribution in [-0.2, 0) is 5.38 Å². The van der Waals surface area contributed by atoms with Gasteiger partial charge in [-0.05, 0) is 35.9 Å². The second-order valence-electron chi connectivity index (χ2n) is 5.40. The molecule has 0 saturated heterocycles. The van der Waals surface area contributed by atoms with Crippen LogP contribution in [0.1, 0.15) is 5.89 Å². The Morgan fingerprint density at radius 2 is 1.80 bits per heavy atom. The fourth-order valence-corrected chi connectivity index (χ4v) is 2.30. The summed E-state index contributed by atoms with van der Waals surface area (Å²) in [4.78, 5) is 28.3. The van der Waals surface area contributed by atoms with Gasteiger partial charge in [0.05, 0.1) is 0 Å². The summed E-state index contributed by atoms with van der Waals surface area (Å²) >= 11 is 4.82. The van der Waals surface area contributed by atoms with Crippen molar-refractivity contribution in [1.82, 2.24) is 10.1 Å². The Labute approximate surface area is 144 Å². The quantitative estimate of drug-likeness (QED) is 0.546. The molecule has 1 heterocycles. The number of alkyl halides is 3. The molecule has 1 aromatic heterocycles. The van der Waals surface area contributed by atoms with Gasteiger partial charge in [-0.15, -0.1) is 0 Å². The van der Waals surface area contributed by atoms with E-state index in [1.807, 2.05) is 0 Å². The first-order chi connectivity index (χ1) is 11.7. The lowest BCUT2D eigenvalue weighted by Crippen LogP contribution is -2.39. The van der Waals surface area contributed by atoms with Gasteiger partial charge >= 0.3 is 11.3 Å². The molecule has 130 valence electrons. The maximum Gasteiger partial charge on any atom is 0.400 e. The predicted molar refractivity (Wildman–Crippen MR) is 88.4 cm³/mol. The van der Waals surface area contributed by atoms with Crippen LogP contribution >= 0.6 is 11.6 Å². The highest BCUT2D eigenvalue weighted by molar-refractivity contribution is 6.21. The molecule has 0 saturated carbocycles. The molecule has 10 heteroatoms. The molecule has 0 bridgehead atoms. The van der Waals surface area contributed by atoms with Gasteiger partial charge in [-0.1, -0.05) is 5.16 Å². The highest BCUT2D eigenvalue weighted by Crippen LogP contribution is 2.32. The van der Waals surface area contributed by atoms with E-state index in [-0.39, 0.29) is 11.5 Å². The number of nitrogens with zero attached hydrogens (tertiary/aromatic N) is 3. The van der Waals surface area contributed by atoms with Crippen molar-refractivity contribution in [3.05, 3.63) is 50.6 Å². The van der Waals surface area contributed by atoms with E-state index in [0.717, 1.165) is 0 Å². The lowest BCUT2D eigenvalue weighted by molar-refractivity contribution is 0.0551. The van der Waals surface area contributed by atoms with Gasteiger partial charge in [0.2, 0.25) is 5.82 Å². The van der Waals surface area contributed by atoms with E-state index in [4.69, 9.17) is 11.6 Å². The summed E-state index contributed by atoms with van der Waals surface area (Å²) in [6, 6.07) is 6.26. The van der Waals surface area contributed by atoms with Crippen LogP contribution in [0.5, 0.6) is 0 Å². The van der Waals surface area contributed by atoms with Gasteiger partial charge in [-0.2, -0.15) is 13.8 Å².